The Balaban J connectivity index is 1.59. The third-order valence-electron chi connectivity index (χ3n) is 5.89. The summed E-state index contributed by atoms with van der Waals surface area (Å²) in [5.41, 5.74) is 1.27. The van der Waals surface area contributed by atoms with Crippen molar-refractivity contribution in [2.45, 2.75) is 71.0 Å². The highest BCUT2D eigenvalue weighted by Crippen LogP contribution is 2.26. The number of amides is 2. The van der Waals surface area contributed by atoms with Gasteiger partial charge in [-0.3, -0.25) is 9.59 Å². The van der Waals surface area contributed by atoms with E-state index in [0.29, 0.717) is 23.8 Å². The number of hydrogen-bond donors (Lipinski definition) is 1. The molecule has 1 atom stereocenters. The molecule has 0 bridgehead atoms. The van der Waals surface area contributed by atoms with Crippen molar-refractivity contribution in [2.75, 3.05) is 6.54 Å². The normalized spacial score (nSPS) is 19.3. The molecule has 4 heterocycles. The Morgan fingerprint density at radius 2 is 2.11 bits per heavy atom. The number of carbonyl (C=O) groups excluding carboxylic acids is 2. The molecule has 0 spiro atoms. The number of fused-ring (bicyclic) bond motifs is 1. The Labute approximate surface area is 165 Å². The van der Waals surface area contributed by atoms with Crippen molar-refractivity contribution >= 4 is 11.8 Å². The van der Waals surface area contributed by atoms with Crippen molar-refractivity contribution in [2.24, 2.45) is 0 Å². The van der Waals surface area contributed by atoms with E-state index in [9.17, 15) is 9.59 Å². The minimum atomic E-state index is -0.244. The highest BCUT2D eigenvalue weighted by atomic mass is 16.3. The molecule has 28 heavy (non-hydrogen) atoms. The molecule has 2 aliphatic heterocycles. The van der Waals surface area contributed by atoms with E-state index >= 15 is 0 Å². The van der Waals surface area contributed by atoms with Gasteiger partial charge in [-0.05, 0) is 57.1 Å². The topological polar surface area (TPSA) is 80.4 Å². The number of rotatable bonds is 5. The zero-order valence-corrected chi connectivity index (χ0v) is 16.4. The summed E-state index contributed by atoms with van der Waals surface area (Å²) in [6.45, 7) is 3.97. The number of imidazole rings is 1. The van der Waals surface area contributed by atoms with Gasteiger partial charge < -0.3 is 19.2 Å². The predicted octanol–water partition coefficient (Wildman–Crippen LogP) is 3.15. The molecule has 1 fully saturated rings. The maximum atomic E-state index is 13.3. The molecule has 2 aliphatic rings. The second kappa shape index (κ2) is 8.20. The summed E-state index contributed by atoms with van der Waals surface area (Å²) in [5.74, 6) is 0.849. The molecule has 150 valence electrons. The van der Waals surface area contributed by atoms with Crippen LogP contribution in [0.4, 0.5) is 0 Å². The Morgan fingerprint density at radius 3 is 2.89 bits per heavy atom. The number of carbonyl (C=O) groups is 2. The molecular weight excluding hydrogens is 356 g/mol. The lowest BCUT2D eigenvalue weighted by molar-refractivity contribution is 0.0589. The maximum Gasteiger partial charge on any atom is 0.290 e. The highest BCUT2D eigenvalue weighted by Gasteiger charge is 2.33. The van der Waals surface area contributed by atoms with Crippen LogP contribution in [0.1, 0.15) is 78.0 Å². The minimum Gasteiger partial charge on any atom is -0.467 e. The van der Waals surface area contributed by atoms with Crippen LogP contribution in [0.25, 0.3) is 0 Å². The van der Waals surface area contributed by atoms with Gasteiger partial charge in [0, 0.05) is 19.1 Å². The Morgan fingerprint density at radius 1 is 1.25 bits per heavy atom. The second-order valence-electron chi connectivity index (χ2n) is 7.66. The molecule has 2 aromatic heterocycles. The van der Waals surface area contributed by atoms with Gasteiger partial charge in [-0.25, -0.2) is 4.98 Å². The average molecular weight is 384 g/mol. The van der Waals surface area contributed by atoms with Crippen LogP contribution in [0.15, 0.2) is 22.8 Å². The van der Waals surface area contributed by atoms with E-state index in [-0.39, 0.29) is 17.9 Å². The molecule has 7 nitrogen and oxygen atoms in total. The van der Waals surface area contributed by atoms with Gasteiger partial charge in [-0.1, -0.05) is 6.92 Å². The Hall–Kier alpha value is -2.57. The van der Waals surface area contributed by atoms with E-state index in [0.717, 1.165) is 57.3 Å². The summed E-state index contributed by atoms with van der Waals surface area (Å²) >= 11 is 0. The number of hydrogen-bond acceptors (Lipinski definition) is 4. The third-order valence-corrected chi connectivity index (χ3v) is 5.89. The molecular formula is C21H28N4O3. The van der Waals surface area contributed by atoms with Gasteiger partial charge in [-0.15, -0.1) is 0 Å². The maximum absolute atomic E-state index is 13.3. The number of nitrogens with zero attached hydrogens (tertiary/aromatic N) is 3. The summed E-state index contributed by atoms with van der Waals surface area (Å²) in [4.78, 5) is 32.6. The summed E-state index contributed by atoms with van der Waals surface area (Å²) in [7, 11) is 0. The third kappa shape index (κ3) is 3.57. The number of furan rings is 1. The van der Waals surface area contributed by atoms with Crippen LogP contribution in [0.5, 0.6) is 0 Å². The first-order chi connectivity index (χ1) is 13.7. The van der Waals surface area contributed by atoms with Gasteiger partial charge in [-0.2, -0.15) is 0 Å². The average Bonchev–Trinajstić information content (AvgIpc) is 3.39. The van der Waals surface area contributed by atoms with Crippen molar-refractivity contribution in [1.82, 2.24) is 19.8 Å². The fraction of sp³-hybridized carbons (Fsp3) is 0.571. The van der Waals surface area contributed by atoms with Gasteiger partial charge in [0.25, 0.3) is 11.8 Å². The number of piperidine rings is 1. The lowest BCUT2D eigenvalue weighted by Crippen LogP contribution is -2.44. The lowest BCUT2D eigenvalue weighted by atomic mass is 10.00. The molecule has 1 N–H and O–H groups in total. The fourth-order valence-electron chi connectivity index (χ4n) is 4.37. The van der Waals surface area contributed by atoms with Crippen molar-refractivity contribution in [3.63, 3.8) is 0 Å². The first-order valence-electron chi connectivity index (χ1n) is 10.4. The first-order valence-corrected chi connectivity index (χ1v) is 10.4. The van der Waals surface area contributed by atoms with Crippen LogP contribution >= 0.6 is 0 Å². The van der Waals surface area contributed by atoms with Crippen molar-refractivity contribution in [3.8, 4) is 0 Å². The quantitative estimate of drug-likeness (QED) is 0.859. The molecule has 7 heteroatoms. The van der Waals surface area contributed by atoms with Crippen molar-refractivity contribution < 1.29 is 14.0 Å². The van der Waals surface area contributed by atoms with Crippen LogP contribution in [0.2, 0.25) is 0 Å². The summed E-state index contributed by atoms with van der Waals surface area (Å²) in [5, 5.41) is 2.87. The summed E-state index contributed by atoms with van der Waals surface area (Å²) < 4.78 is 7.26. The van der Waals surface area contributed by atoms with E-state index in [2.05, 4.69) is 17.2 Å². The predicted molar refractivity (Wildman–Crippen MR) is 104 cm³/mol. The molecule has 4 rings (SSSR count). The smallest absolute Gasteiger partial charge is 0.290 e. The van der Waals surface area contributed by atoms with E-state index in [4.69, 9.17) is 4.42 Å². The number of aromatic nitrogens is 2. The highest BCUT2D eigenvalue weighted by molar-refractivity contribution is 5.97. The lowest BCUT2D eigenvalue weighted by Gasteiger charge is -2.35. The van der Waals surface area contributed by atoms with Crippen molar-refractivity contribution in [3.05, 3.63) is 41.4 Å². The fourth-order valence-corrected chi connectivity index (χ4v) is 4.37. The molecule has 2 aromatic rings. The standard InChI is InChI=1S/C21H28N4O3/c1-2-15-8-3-5-11-24(15)21(27)19-23-18(17-10-4-6-12-25(17)19)20(26)22-14-16-9-7-13-28-16/h7,9,13,15H,2-6,8,10-12,14H2,1H3,(H,22,26). The van der Waals surface area contributed by atoms with Crippen molar-refractivity contribution in [1.29, 1.82) is 0 Å². The van der Waals surface area contributed by atoms with E-state index in [1.165, 1.54) is 6.42 Å². The number of nitrogens with one attached hydrogen (secondary N) is 1. The van der Waals surface area contributed by atoms with Gasteiger partial charge >= 0.3 is 0 Å². The molecule has 1 saturated heterocycles. The van der Waals surface area contributed by atoms with Crippen LogP contribution < -0.4 is 5.32 Å². The zero-order chi connectivity index (χ0) is 19.5. The SMILES string of the molecule is CCC1CCCCN1C(=O)c1nc(C(=O)NCc2ccco2)c2n1CCCC2. The second-order valence-corrected chi connectivity index (χ2v) is 7.66. The minimum absolute atomic E-state index is 0.0280. The van der Waals surface area contributed by atoms with Crippen LogP contribution in [0, 0.1) is 0 Å². The Kier molecular flexibility index (Phi) is 5.50. The van der Waals surface area contributed by atoms with E-state index in [1.54, 1.807) is 12.3 Å². The Bertz CT molecular complexity index is 840. The van der Waals surface area contributed by atoms with Crippen LogP contribution in [0.3, 0.4) is 0 Å². The van der Waals surface area contributed by atoms with Gasteiger partial charge in [0.2, 0.25) is 0 Å². The molecule has 0 aromatic carbocycles. The molecule has 0 radical (unpaired) electrons. The molecule has 2 amide bonds. The zero-order valence-electron chi connectivity index (χ0n) is 16.4. The van der Waals surface area contributed by atoms with Crippen LogP contribution in [-0.4, -0.2) is 38.9 Å². The monoisotopic (exact) mass is 384 g/mol. The van der Waals surface area contributed by atoms with E-state index < -0.39 is 0 Å². The van der Waals surface area contributed by atoms with Gasteiger partial charge in [0.05, 0.1) is 18.5 Å². The summed E-state index contributed by atoms with van der Waals surface area (Å²) in [6, 6.07) is 3.88. The largest absolute Gasteiger partial charge is 0.467 e. The van der Waals surface area contributed by atoms with Crippen LogP contribution in [-0.2, 0) is 19.5 Å². The van der Waals surface area contributed by atoms with Gasteiger partial charge in [0.1, 0.15) is 11.5 Å². The van der Waals surface area contributed by atoms with E-state index in [1.807, 2.05) is 15.5 Å². The number of likely N-dealkylation sites (tertiary alicyclic amines) is 1. The molecule has 1 unspecified atom stereocenters. The first kappa shape index (κ1) is 18.8. The summed E-state index contributed by atoms with van der Waals surface area (Å²) in [6.07, 6.45) is 8.59. The molecule has 0 saturated carbocycles. The molecule has 0 aliphatic carbocycles. The van der Waals surface area contributed by atoms with Gasteiger partial charge in [0.15, 0.2) is 5.82 Å².